The van der Waals surface area contributed by atoms with Crippen molar-refractivity contribution in [3.8, 4) is 33.5 Å². The Morgan fingerprint density at radius 2 is 1.26 bits per heavy atom. The SMILES string of the molecule is c1ccc(-c2ccc3c(c2)[Si]2(c4ccncc4-c4cnccc42)c2cccnc2-3)cc1. The summed E-state index contributed by atoms with van der Waals surface area (Å²) in [5.41, 5.74) is 7.29. The van der Waals surface area contributed by atoms with Crippen molar-refractivity contribution < 1.29 is 0 Å². The van der Waals surface area contributed by atoms with E-state index in [4.69, 9.17) is 4.98 Å². The number of fused-ring (bicyclic) bond motifs is 10. The summed E-state index contributed by atoms with van der Waals surface area (Å²) in [4.78, 5) is 13.8. The van der Waals surface area contributed by atoms with Gasteiger partial charge in [0, 0.05) is 47.7 Å². The van der Waals surface area contributed by atoms with Crippen LogP contribution in [0.25, 0.3) is 33.5 Å². The highest BCUT2D eigenvalue weighted by molar-refractivity contribution is 7.24. The monoisotopic (exact) mass is 411 g/mol. The van der Waals surface area contributed by atoms with Crippen LogP contribution in [-0.2, 0) is 0 Å². The Hall–Kier alpha value is -3.89. The molecule has 3 nitrogen and oxygen atoms in total. The van der Waals surface area contributed by atoms with Gasteiger partial charge in [0.15, 0.2) is 8.07 Å². The van der Waals surface area contributed by atoms with E-state index in [2.05, 4.69) is 82.8 Å². The number of hydrogen-bond donors (Lipinski definition) is 0. The van der Waals surface area contributed by atoms with Crippen molar-refractivity contribution in [3.63, 3.8) is 0 Å². The van der Waals surface area contributed by atoms with E-state index in [9.17, 15) is 0 Å². The van der Waals surface area contributed by atoms with Crippen molar-refractivity contribution in [3.05, 3.63) is 104 Å². The van der Waals surface area contributed by atoms with Gasteiger partial charge in [0.2, 0.25) is 0 Å². The highest BCUT2D eigenvalue weighted by Crippen LogP contribution is 2.35. The minimum Gasteiger partial charge on any atom is -0.264 e. The molecule has 31 heavy (non-hydrogen) atoms. The molecule has 0 amide bonds. The van der Waals surface area contributed by atoms with Crippen molar-refractivity contribution in [1.82, 2.24) is 15.0 Å². The Labute approximate surface area is 181 Å². The first-order valence-electron chi connectivity index (χ1n) is 10.4. The van der Waals surface area contributed by atoms with Crippen molar-refractivity contribution in [2.24, 2.45) is 0 Å². The molecule has 2 aliphatic heterocycles. The maximum Gasteiger partial charge on any atom is 0.184 e. The summed E-state index contributed by atoms with van der Waals surface area (Å²) in [6.45, 7) is 0. The molecule has 0 atom stereocenters. The zero-order valence-electron chi connectivity index (χ0n) is 16.7. The summed E-state index contributed by atoms with van der Waals surface area (Å²) < 4.78 is 0. The Bertz CT molecular complexity index is 1430. The number of hydrogen-bond acceptors (Lipinski definition) is 3. The fraction of sp³-hybridized carbons (Fsp3) is 0. The molecule has 2 aromatic carbocycles. The van der Waals surface area contributed by atoms with E-state index < -0.39 is 8.07 Å². The number of aromatic nitrogens is 3. The minimum absolute atomic E-state index is 1.12. The van der Waals surface area contributed by atoms with Crippen LogP contribution < -0.4 is 20.7 Å². The van der Waals surface area contributed by atoms with Gasteiger partial charge in [-0.3, -0.25) is 15.0 Å². The summed E-state index contributed by atoms with van der Waals surface area (Å²) in [7, 11) is -2.46. The van der Waals surface area contributed by atoms with Crippen LogP contribution in [0.2, 0.25) is 0 Å². The van der Waals surface area contributed by atoms with E-state index in [-0.39, 0.29) is 0 Å². The molecule has 0 bridgehead atoms. The molecule has 0 saturated heterocycles. The molecule has 4 heteroatoms. The van der Waals surface area contributed by atoms with Gasteiger partial charge in [-0.15, -0.1) is 0 Å². The number of nitrogens with zero attached hydrogens (tertiary/aromatic N) is 3. The quantitative estimate of drug-likeness (QED) is 0.390. The molecule has 0 aliphatic carbocycles. The number of benzene rings is 2. The Kier molecular flexibility index (Phi) is 3.30. The average molecular weight is 412 g/mol. The third-order valence-corrected chi connectivity index (χ3v) is 11.7. The number of rotatable bonds is 1. The fourth-order valence-electron chi connectivity index (χ4n) is 5.54. The molecule has 144 valence electrons. The second kappa shape index (κ2) is 6.06. The molecule has 5 aromatic rings. The average Bonchev–Trinajstić information content (AvgIpc) is 3.32. The van der Waals surface area contributed by atoms with Crippen LogP contribution >= 0.6 is 0 Å². The van der Waals surface area contributed by atoms with Crippen molar-refractivity contribution in [2.75, 3.05) is 0 Å². The molecule has 0 N–H and O–H groups in total. The Morgan fingerprint density at radius 1 is 0.516 bits per heavy atom. The van der Waals surface area contributed by atoms with Gasteiger partial charge in [-0.2, -0.15) is 0 Å². The molecule has 7 rings (SSSR count). The van der Waals surface area contributed by atoms with Crippen LogP contribution in [0, 0.1) is 0 Å². The first kappa shape index (κ1) is 16.9. The minimum atomic E-state index is -2.46. The topological polar surface area (TPSA) is 38.7 Å². The predicted octanol–water partition coefficient (Wildman–Crippen LogP) is 2.88. The lowest BCUT2D eigenvalue weighted by Crippen LogP contribution is -2.70. The molecular weight excluding hydrogens is 394 g/mol. The fourth-order valence-corrected chi connectivity index (χ4v) is 11.0. The Balaban J connectivity index is 1.64. The van der Waals surface area contributed by atoms with Gasteiger partial charge in [0.05, 0.1) is 5.69 Å². The van der Waals surface area contributed by atoms with E-state index in [0.717, 1.165) is 5.69 Å². The van der Waals surface area contributed by atoms with Gasteiger partial charge < -0.3 is 0 Å². The highest BCUT2D eigenvalue weighted by Gasteiger charge is 2.54. The molecule has 0 fully saturated rings. The van der Waals surface area contributed by atoms with Crippen LogP contribution in [0.4, 0.5) is 0 Å². The van der Waals surface area contributed by atoms with Crippen LogP contribution in [0.5, 0.6) is 0 Å². The third-order valence-electron chi connectivity index (χ3n) is 6.74. The first-order valence-corrected chi connectivity index (χ1v) is 12.4. The highest BCUT2D eigenvalue weighted by atomic mass is 28.3. The second-order valence-electron chi connectivity index (χ2n) is 8.12. The number of pyridine rings is 3. The molecule has 0 unspecified atom stereocenters. The van der Waals surface area contributed by atoms with Crippen molar-refractivity contribution >= 4 is 28.8 Å². The van der Waals surface area contributed by atoms with E-state index in [1.807, 2.05) is 31.0 Å². The summed E-state index contributed by atoms with van der Waals surface area (Å²) in [5.74, 6) is 0. The van der Waals surface area contributed by atoms with Crippen molar-refractivity contribution in [1.29, 1.82) is 0 Å². The predicted molar refractivity (Wildman–Crippen MR) is 127 cm³/mol. The van der Waals surface area contributed by atoms with Gasteiger partial charge in [0.25, 0.3) is 0 Å². The molecule has 5 heterocycles. The van der Waals surface area contributed by atoms with Gasteiger partial charge in [0.1, 0.15) is 0 Å². The van der Waals surface area contributed by atoms with Gasteiger partial charge in [-0.05, 0) is 50.1 Å². The Morgan fingerprint density at radius 3 is 2.00 bits per heavy atom. The normalized spacial score (nSPS) is 14.1. The van der Waals surface area contributed by atoms with Gasteiger partial charge in [-0.25, -0.2) is 0 Å². The van der Waals surface area contributed by atoms with E-state index in [1.165, 1.54) is 48.6 Å². The summed E-state index contributed by atoms with van der Waals surface area (Å²) in [5, 5.41) is 5.57. The third kappa shape index (κ3) is 2.05. The summed E-state index contributed by atoms with van der Waals surface area (Å²) in [6, 6.07) is 26.4. The van der Waals surface area contributed by atoms with Crippen molar-refractivity contribution in [2.45, 2.75) is 0 Å². The van der Waals surface area contributed by atoms with Crippen LogP contribution in [0.15, 0.2) is 104 Å². The van der Waals surface area contributed by atoms with E-state index in [1.54, 1.807) is 0 Å². The van der Waals surface area contributed by atoms with Crippen LogP contribution in [-0.4, -0.2) is 23.0 Å². The summed E-state index contributed by atoms with van der Waals surface area (Å²) in [6.07, 6.45) is 9.79. The van der Waals surface area contributed by atoms with Gasteiger partial charge in [-0.1, -0.05) is 54.6 Å². The smallest absolute Gasteiger partial charge is 0.184 e. The molecule has 1 spiro atoms. The van der Waals surface area contributed by atoms with E-state index >= 15 is 0 Å². The molecule has 3 aromatic heterocycles. The van der Waals surface area contributed by atoms with Gasteiger partial charge >= 0.3 is 0 Å². The van der Waals surface area contributed by atoms with Crippen LogP contribution in [0.3, 0.4) is 0 Å². The lowest BCUT2D eigenvalue weighted by molar-refractivity contribution is 1.32. The maximum absolute atomic E-state index is 4.87. The summed E-state index contributed by atoms with van der Waals surface area (Å²) >= 11 is 0. The first-order chi connectivity index (χ1) is 15.4. The zero-order valence-corrected chi connectivity index (χ0v) is 17.7. The van der Waals surface area contributed by atoms with Crippen LogP contribution in [0.1, 0.15) is 0 Å². The lowest BCUT2D eigenvalue weighted by Gasteiger charge is -2.27. The maximum atomic E-state index is 4.87. The molecule has 2 aliphatic rings. The standard InChI is InChI=1S/C27H17N3Si/c1-2-5-18(6-3-1)19-8-9-20-26(15-19)31(25-7-4-12-30-27(20)25)23-10-13-28-16-21(23)22-17-29-14-11-24(22)31/h1-17H. The largest absolute Gasteiger partial charge is 0.264 e. The molecule has 0 saturated carbocycles. The molecular formula is C27H17N3Si. The van der Waals surface area contributed by atoms with E-state index in [0.29, 0.717) is 0 Å². The molecule has 0 radical (unpaired) electrons. The second-order valence-corrected chi connectivity index (χ2v) is 11.8. The zero-order chi connectivity index (χ0) is 20.4. The lowest BCUT2D eigenvalue weighted by atomic mass is 10.0.